The van der Waals surface area contributed by atoms with E-state index in [9.17, 15) is 9.59 Å². The van der Waals surface area contributed by atoms with Crippen LogP contribution in [0.2, 0.25) is 0 Å². The molecule has 0 aliphatic carbocycles. The number of esters is 1. The van der Waals surface area contributed by atoms with Crippen molar-refractivity contribution in [1.82, 2.24) is 4.57 Å². The number of allylic oxidation sites excluding steroid dienone is 1. The first-order valence-corrected chi connectivity index (χ1v) is 13.5. The number of fused-ring (bicyclic) bond motifs is 1. The van der Waals surface area contributed by atoms with Crippen LogP contribution < -0.4 is 14.9 Å². The first kappa shape index (κ1) is 23.7. The third-order valence-electron chi connectivity index (χ3n) is 5.62. The maximum atomic E-state index is 13.6. The Kier molecular flexibility index (Phi) is 6.48. The molecule has 0 N–H and O–H groups in total. The van der Waals surface area contributed by atoms with Crippen LogP contribution in [0.25, 0.3) is 17.4 Å². The number of furan rings is 1. The van der Waals surface area contributed by atoms with Gasteiger partial charge in [0, 0.05) is 21.0 Å². The molecule has 1 atom stereocenters. The quantitative estimate of drug-likeness (QED) is 0.310. The molecule has 35 heavy (non-hydrogen) atoms. The van der Waals surface area contributed by atoms with Crippen LogP contribution in [0.1, 0.15) is 36.1 Å². The molecule has 0 radical (unpaired) electrons. The number of hydrogen-bond donors (Lipinski definition) is 0. The Hall–Kier alpha value is -3.01. The Morgan fingerprint density at radius 3 is 2.80 bits per heavy atom. The van der Waals surface area contributed by atoms with Crippen molar-refractivity contribution in [1.29, 1.82) is 0 Å². The lowest BCUT2D eigenvalue weighted by atomic mass is 10.0. The fourth-order valence-corrected chi connectivity index (χ4v) is 6.57. The molecule has 1 aliphatic rings. The molecule has 1 aromatic carbocycles. The van der Waals surface area contributed by atoms with Gasteiger partial charge < -0.3 is 9.15 Å². The highest BCUT2D eigenvalue weighted by molar-refractivity contribution is 9.10. The van der Waals surface area contributed by atoms with E-state index in [-0.39, 0.29) is 12.2 Å². The molecule has 0 amide bonds. The van der Waals surface area contributed by atoms with E-state index < -0.39 is 12.0 Å². The standard InChI is InChI=1S/C26H21BrN2O4S2/c1-4-32-25(31)22-15(3)28-26-29(23(22)20-6-5-11-34-20)24(30)21(35-26)13-16-8-10-19(33-16)17-9-7-14(2)12-18(17)27/h5-13,23H,4H2,1-3H3/b21-13-. The zero-order valence-electron chi connectivity index (χ0n) is 19.2. The number of aromatic nitrogens is 1. The normalized spacial score (nSPS) is 15.8. The van der Waals surface area contributed by atoms with E-state index in [1.165, 1.54) is 22.7 Å². The summed E-state index contributed by atoms with van der Waals surface area (Å²) in [7, 11) is 0. The van der Waals surface area contributed by atoms with E-state index >= 15 is 0 Å². The first-order chi connectivity index (χ1) is 16.9. The van der Waals surface area contributed by atoms with Gasteiger partial charge in [-0.2, -0.15) is 0 Å². The van der Waals surface area contributed by atoms with Crippen molar-refractivity contribution < 1.29 is 13.9 Å². The summed E-state index contributed by atoms with van der Waals surface area (Å²) in [5.74, 6) is 0.806. The van der Waals surface area contributed by atoms with E-state index in [0.29, 0.717) is 32.1 Å². The average Bonchev–Trinajstić information content (AvgIpc) is 3.55. The number of benzene rings is 1. The predicted octanol–water partition coefficient (Wildman–Crippen LogP) is 5.19. The zero-order valence-corrected chi connectivity index (χ0v) is 22.4. The fourth-order valence-electron chi connectivity index (χ4n) is 4.03. The second-order valence-electron chi connectivity index (χ2n) is 8.00. The van der Waals surface area contributed by atoms with Gasteiger partial charge in [-0.25, -0.2) is 9.79 Å². The lowest BCUT2D eigenvalue weighted by molar-refractivity contribution is -0.139. The van der Waals surface area contributed by atoms with Crippen molar-refractivity contribution >= 4 is 50.6 Å². The summed E-state index contributed by atoms with van der Waals surface area (Å²) in [5.41, 5.74) is 2.79. The minimum Gasteiger partial charge on any atom is -0.463 e. The Bertz CT molecular complexity index is 1640. The maximum absolute atomic E-state index is 13.6. The Morgan fingerprint density at radius 1 is 1.26 bits per heavy atom. The summed E-state index contributed by atoms with van der Waals surface area (Å²) in [4.78, 5) is 32.4. The van der Waals surface area contributed by atoms with E-state index in [1.807, 2.05) is 54.8 Å². The lowest BCUT2D eigenvalue weighted by Gasteiger charge is -2.23. The molecule has 0 saturated heterocycles. The Morgan fingerprint density at radius 2 is 2.09 bits per heavy atom. The molecule has 6 nitrogen and oxygen atoms in total. The van der Waals surface area contributed by atoms with Gasteiger partial charge in [0.15, 0.2) is 4.80 Å². The first-order valence-electron chi connectivity index (χ1n) is 11.0. The molecule has 9 heteroatoms. The third-order valence-corrected chi connectivity index (χ3v) is 8.18. The number of nitrogens with zero attached hydrogens (tertiary/aromatic N) is 2. The monoisotopic (exact) mass is 568 g/mol. The van der Waals surface area contributed by atoms with Crippen molar-refractivity contribution in [3.05, 3.63) is 99.5 Å². The number of halogens is 1. The summed E-state index contributed by atoms with van der Waals surface area (Å²) >= 11 is 6.36. The van der Waals surface area contributed by atoms with Crippen molar-refractivity contribution in [3.63, 3.8) is 0 Å². The highest BCUT2D eigenvalue weighted by Crippen LogP contribution is 2.33. The molecule has 3 aromatic heterocycles. The molecule has 4 aromatic rings. The zero-order chi connectivity index (χ0) is 24.7. The number of carbonyl (C=O) groups is 1. The van der Waals surface area contributed by atoms with E-state index in [0.717, 1.165) is 20.5 Å². The highest BCUT2D eigenvalue weighted by atomic mass is 79.9. The van der Waals surface area contributed by atoms with Crippen molar-refractivity contribution in [2.24, 2.45) is 4.99 Å². The van der Waals surface area contributed by atoms with Crippen LogP contribution in [0, 0.1) is 6.92 Å². The molecule has 1 unspecified atom stereocenters. The molecular formula is C26H21BrN2O4S2. The molecule has 4 heterocycles. The van der Waals surface area contributed by atoms with Crippen molar-refractivity contribution in [2.75, 3.05) is 6.61 Å². The second-order valence-corrected chi connectivity index (χ2v) is 10.8. The highest BCUT2D eigenvalue weighted by Gasteiger charge is 2.33. The second kappa shape index (κ2) is 9.56. The summed E-state index contributed by atoms with van der Waals surface area (Å²) in [6, 6.07) is 13.0. The molecule has 5 rings (SSSR count). The molecular weight excluding hydrogens is 548 g/mol. The van der Waals surface area contributed by atoms with Gasteiger partial charge in [0.1, 0.15) is 17.6 Å². The van der Waals surface area contributed by atoms with Gasteiger partial charge >= 0.3 is 5.97 Å². The van der Waals surface area contributed by atoms with Crippen LogP contribution in [0.3, 0.4) is 0 Å². The number of thiazole rings is 1. The van der Waals surface area contributed by atoms with E-state index in [2.05, 4.69) is 20.9 Å². The smallest absolute Gasteiger partial charge is 0.338 e. The SMILES string of the molecule is CCOC(=O)C1=C(C)N=c2s/c(=C\c3ccc(-c4ccc(C)cc4Br)o3)c(=O)n2C1c1cccs1. The molecule has 0 saturated carbocycles. The van der Waals surface area contributed by atoms with Crippen LogP contribution in [0.5, 0.6) is 0 Å². The van der Waals surface area contributed by atoms with Gasteiger partial charge in [0.25, 0.3) is 5.56 Å². The number of hydrogen-bond acceptors (Lipinski definition) is 7. The molecule has 178 valence electrons. The van der Waals surface area contributed by atoms with Crippen molar-refractivity contribution in [3.8, 4) is 11.3 Å². The number of ether oxygens (including phenoxy) is 1. The van der Waals surface area contributed by atoms with Crippen LogP contribution >= 0.6 is 38.6 Å². The summed E-state index contributed by atoms with van der Waals surface area (Å²) < 4.78 is 14.4. The molecule has 0 spiro atoms. The lowest BCUT2D eigenvalue weighted by Crippen LogP contribution is -2.39. The molecule has 1 aliphatic heterocycles. The van der Waals surface area contributed by atoms with Crippen LogP contribution in [0.4, 0.5) is 0 Å². The van der Waals surface area contributed by atoms with Crippen LogP contribution in [-0.2, 0) is 9.53 Å². The van der Waals surface area contributed by atoms with Gasteiger partial charge in [-0.1, -0.05) is 39.4 Å². The minimum absolute atomic E-state index is 0.226. The maximum Gasteiger partial charge on any atom is 0.338 e. The number of thiophene rings is 1. The number of aryl methyl sites for hydroxylation is 1. The summed E-state index contributed by atoms with van der Waals surface area (Å²) in [5, 5.41) is 1.93. The minimum atomic E-state index is -0.580. The van der Waals surface area contributed by atoms with Gasteiger partial charge in [-0.15, -0.1) is 11.3 Å². The predicted molar refractivity (Wildman–Crippen MR) is 141 cm³/mol. The van der Waals surface area contributed by atoms with E-state index in [1.54, 1.807) is 24.5 Å². The largest absolute Gasteiger partial charge is 0.463 e. The average molecular weight is 570 g/mol. The van der Waals surface area contributed by atoms with Crippen LogP contribution in [0.15, 0.2) is 77.8 Å². The number of carbonyl (C=O) groups excluding carboxylic acids is 1. The fraction of sp³-hybridized carbons (Fsp3) is 0.192. The number of rotatable bonds is 5. The Balaban J connectivity index is 1.62. The van der Waals surface area contributed by atoms with E-state index in [4.69, 9.17) is 9.15 Å². The molecule has 0 bridgehead atoms. The van der Waals surface area contributed by atoms with Crippen molar-refractivity contribution in [2.45, 2.75) is 26.8 Å². The summed E-state index contributed by atoms with van der Waals surface area (Å²) in [6.07, 6.45) is 1.73. The molecule has 0 fully saturated rings. The topological polar surface area (TPSA) is 73.8 Å². The van der Waals surface area contributed by atoms with Gasteiger partial charge in [0.05, 0.1) is 22.4 Å². The Labute approximate surface area is 217 Å². The van der Waals surface area contributed by atoms with Gasteiger partial charge in [-0.3, -0.25) is 9.36 Å². The van der Waals surface area contributed by atoms with Gasteiger partial charge in [0.2, 0.25) is 0 Å². The third kappa shape index (κ3) is 4.39. The van der Waals surface area contributed by atoms with Gasteiger partial charge in [-0.05, 0) is 62.0 Å². The van der Waals surface area contributed by atoms with Crippen LogP contribution in [-0.4, -0.2) is 17.1 Å². The summed E-state index contributed by atoms with van der Waals surface area (Å²) in [6.45, 7) is 5.81.